The lowest BCUT2D eigenvalue weighted by Crippen LogP contribution is -2.25. The van der Waals surface area contributed by atoms with Gasteiger partial charge >= 0.3 is 0 Å². The Morgan fingerprint density at radius 3 is 1.75 bits per heavy atom. The van der Waals surface area contributed by atoms with Gasteiger partial charge in [0.15, 0.2) is 11.3 Å². The first-order chi connectivity index (χ1) is 29.2. The van der Waals surface area contributed by atoms with E-state index in [4.69, 9.17) is 45.4 Å². The van der Waals surface area contributed by atoms with Crippen LogP contribution in [0.15, 0.2) is 103 Å². The van der Waals surface area contributed by atoms with Crippen LogP contribution >= 0.6 is 0 Å². The highest BCUT2D eigenvalue weighted by molar-refractivity contribution is 5.77. The normalized spacial score (nSPS) is 11.4. The second-order valence-electron chi connectivity index (χ2n) is 13.4. The molecule has 8 rings (SSSR count). The Balaban J connectivity index is 0.000000181. The summed E-state index contributed by atoms with van der Waals surface area (Å²) < 4.78 is 27.0. The third-order valence-electron chi connectivity index (χ3n) is 9.31. The summed E-state index contributed by atoms with van der Waals surface area (Å²) in [7, 11) is 10.2. The van der Waals surface area contributed by atoms with Crippen molar-refractivity contribution in [3.63, 3.8) is 0 Å². The molecule has 6 aromatic heterocycles. The van der Waals surface area contributed by atoms with Gasteiger partial charge in [-0.3, -0.25) is 19.3 Å². The van der Waals surface area contributed by atoms with Crippen molar-refractivity contribution in [2.45, 2.75) is 6.54 Å². The lowest BCUT2D eigenvalue weighted by atomic mass is 10.2. The Hall–Kier alpha value is -7.44. The molecule has 0 bridgehead atoms. The van der Waals surface area contributed by atoms with E-state index in [2.05, 4.69) is 25.1 Å². The third kappa shape index (κ3) is 9.14. The number of hydrogen-bond donors (Lipinski definition) is 2. The lowest BCUT2D eigenvalue weighted by Gasteiger charge is -2.24. The van der Waals surface area contributed by atoms with E-state index in [1.807, 2.05) is 90.6 Å². The molecular weight excluding hydrogens is 765 g/mol. The van der Waals surface area contributed by atoms with Crippen LogP contribution in [0.3, 0.4) is 0 Å². The molecule has 0 spiro atoms. The molecule has 0 radical (unpaired) electrons. The summed E-state index contributed by atoms with van der Waals surface area (Å²) in [5, 5.41) is 8.42. The van der Waals surface area contributed by atoms with Crippen LogP contribution in [0, 0.1) is 0 Å². The fourth-order valence-electron chi connectivity index (χ4n) is 6.37. The van der Waals surface area contributed by atoms with Crippen molar-refractivity contribution < 1.29 is 18.9 Å². The van der Waals surface area contributed by atoms with E-state index >= 15 is 0 Å². The summed E-state index contributed by atoms with van der Waals surface area (Å²) in [6.07, 6.45) is 10.8. The molecule has 0 fully saturated rings. The van der Waals surface area contributed by atoms with Gasteiger partial charge in [-0.05, 0) is 24.3 Å². The highest BCUT2D eigenvalue weighted by Crippen LogP contribution is 2.33. The molecule has 308 valence electrons. The van der Waals surface area contributed by atoms with E-state index in [1.54, 1.807) is 68.7 Å². The van der Waals surface area contributed by atoms with Gasteiger partial charge in [-0.25, -0.2) is 19.9 Å². The number of methoxy groups -OCH3 is 4. The van der Waals surface area contributed by atoms with Crippen molar-refractivity contribution in [2.75, 3.05) is 53.0 Å². The van der Waals surface area contributed by atoms with Gasteiger partial charge in [0, 0.05) is 106 Å². The maximum Gasteiger partial charge on any atom is 0.180 e. The second kappa shape index (κ2) is 18.4. The second-order valence-corrected chi connectivity index (χ2v) is 13.4. The average Bonchev–Trinajstić information content (AvgIpc) is 3.93. The fourth-order valence-corrected chi connectivity index (χ4v) is 6.37. The zero-order chi connectivity index (χ0) is 42.2. The first kappa shape index (κ1) is 40.7. The number of nitrogens with zero attached hydrogens (tertiary/aromatic N) is 12. The van der Waals surface area contributed by atoms with Crippen LogP contribution in [-0.2, 0) is 20.6 Å². The van der Waals surface area contributed by atoms with E-state index < -0.39 is 0 Å². The summed E-state index contributed by atoms with van der Waals surface area (Å²) >= 11 is 0. The number of anilines is 2. The van der Waals surface area contributed by atoms with Gasteiger partial charge in [-0.1, -0.05) is 0 Å². The Labute approximate surface area is 345 Å². The summed E-state index contributed by atoms with van der Waals surface area (Å²) in [6.45, 7) is 1.99. The van der Waals surface area contributed by atoms with Crippen LogP contribution in [0.25, 0.3) is 44.8 Å². The highest BCUT2D eigenvalue weighted by atomic mass is 16.5. The Bertz CT molecular complexity index is 2770. The molecule has 0 aliphatic heterocycles. The molecule has 0 atom stereocenters. The molecule has 0 saturated carbocycles. The molecule has 6 heterocycles. The largest absolute Gasteiger partial charge is 0.497 e. The topological polar surface area (TPSA) is 210 Å². The van der Waals surface area contributed by atoms with E-state index in [9.17, 15) is 0 Å². The van der Waals surface area contributed by atoms with Crippen molar-refractivity contribution >= 4 is 39.5 Å². The van der Waals surface area contributed by atoms with Crippen molar-refractivity contribution in [3.8, 4) is 45.5 Å². The molecule has 0 aliphatic rings. The molecule has 18 heteroatoms. The van der Waals surface area contributed by atoms with Crippen LogP contribution in [0.1, 0.15) is 0 Å². The lowest BCUT2D eigenvalue weighted by molar-refractivity contribution is 0.394. The molecule has 60 heavy (non-hydrogen) atoms. The molecule has 8 aromatic rings. The zero-order valence-electron chi connectivity index (χ0n) is 34.2. The van der Waals surface area contributed by atoms with Gasteiger partial charge in [-0.15, -0.1) is 0 Å². The van der Waals surface area contributed by atoms with Crippen molar-refractivity contribution in [1.82, 2.24) is 49.0 Å². The number of nitrogens with two attached hydrogens (primary N) is 2. The minimum atomic E-state index is 0.437. The summed E-state index contributed by atoms with van der Waals surface area (Å²) in [5.74, 6) is 3.41. The molecule has 2 aromatic carbocycles. The van der Waals surface area contributed by atoms with Crippen LogP contribution in [0.2, 0.25) is 0 Å². The predicted molar refractivity (Wildman–Crippen MR) is 229 cm³/mol. The van der Waals surface area contributed by atoms with Crippen LogP contribution in [-0.4, -0.2) is 97.1 Å². The van der Waals surface area contributed by atoms with Gasteiger partial charge in [0.1, 0.15) is 45.3 Å². The smallest absolute Gasteiger partial charge is 0.180 e. The molecule has 0 amide bonds. The van der Waals surface area contributed by atoms with Gasteiger partial charge in [0.25, 0.3) is 0 Å². The molecule has 4 N–H and O–H groups in total. The van der Waals surface area contributed by atoms with E-state index in [-0.39, 0.29) is 0 Å². The van der Waals surface area contributed by atoms with Crippen molar-refractivity contribution in [2.24, 2.45) is 30.6 Å². The highest BCUT2D eigenvalue weighted by Gasteiger charge is 2.16. The standard InChI is InChI=1S/2C21H23N7O2/c1-27-13-14(11-24-27)19-12-23-18-4-5-20(26-21(18)25-19)28(7-6-22)15-8-16(29-2)10-17(9-15)30-3;1-27-13-14(11-24-27)19-12-23-18-4-5-20(28(7-6-22)21(18)26-19)25-15-8-16(29-2)10-17(9-15)30-3/h2*4-5,8-13H,6-7,22H2,1-3H3. The average molecular weight is 811 g/mol. The van der Waals surface area contributed by atoms with Crippen LogP contribution in [0.5, 0.6) is 23.0 Å². The number of aromatic nitrogens is 10. The van der Waals surface area contributed by atoms with E-state index in [0.717, 1.165) is 28.0 Å². The van der Waals surface area contributed by atoms with E-state index in [0.29, 0.717) is 88.7 Å². The summed E-state index contributed by atoms with van der Waals surface area (Å²) in [4.78, 5) is 30.1. The molecule has 0 saturated heterocycles. The number of hydrogen-bond acceptors (Lipinski definition) is 15. The number of fused-ring (bicyclic) bond motifs is 2. The number of rotatable bonds is 13. The van der Waals surface area contributed by atoms with Gasteiger partial charge in [-0.2, -0.15) is 10.2 Å². The predicted octanol–water partition coefficient (Wildman–Crippen LogP) is 4.58. The van der Waals surface area contributed by atoms with Crippen LogP contribution < -0.4 is 40.8 Å². The molecule has 18 nitrogen and oxygen atoms in total. The number of aryl methyl sites for hydroxylation is 2. The van der Waals surface area contributed by atoms with Gasteiger partial charge in [0.05, 0.1) is 70.3 Å². The van der Waals surface area contributed by atoms with E-state index in [1.165, 1.54) is 0 Å². The minimum Gasteiger partial charge on any atom is -0.497 e. The number of ether oxygens (including phenoxy) is 4. The SMILES string of the molecule is COc1cc(N=c2ccc3ncc(-c4cnn(C)c4)nc3n2CCN)cc(OC)c1.COc1cc(OC)cc(N(CCN)c2ccc3ncc(-c4cnn(C)c4)nc3n2)c1. The Morgan fingerprint density at radius 1 is 0.633 bits per heavy atom. The fraction of sp³-hybridized carbons (Fsp3) is 0.238. The quantitative estimate of drug-likeness (QED) is 0.163. The molecular formula is C42H46N14O4. The number of benzene rings is 2. The maximum atomic E-state index is 5.89. The third-order valence-corrected chi connectivity index (χ3v) is 9.31. The first-order valence-electron chi connectivity index (χ1n) is 18.9. The van der Waals surface area contributed by atoms with Crippen molar-refractivity contribution in [3.05, 3.63) is 103 Å². The molecule has 0 unspecified atom stereocenters. The first-order valence-corrected chi connectivity index (χ1v) is 18.9. The van der Waals surface area contributed by atoms with Gasteiger partial charge in [0.2, 0.25) is 0 Å². The summed E-state index contributed by atoms with van der Waals surface area (Å²) in [5.41, 5.74) is 20.0. The Kier molecular flexibility index (Phi) is 12.5. The maximum absolute atomic E-state index is 5.89. The van der Waals surface area contributed by atoms with Gasteiger partial charge < -0.3 is 39.9 Å². The minimum absolute atomic E-state index is 0.437. The monoisotopic (exact) mass is 810 g/mol. The van der Waals surface area contributed by atoms with Crippen molar-refractivity contribution in [1.29, 1.82) is 0 Å². The Morgan fingerprint density at radius 2 is 1.20 bits per heavy atom. The van der Waals surface area contributed by atoms with Crippen LogP contribution in [0.4, 0.5) is 17.2 Å². The summed E-state index contributed by atoms with van der Waals surface area (Å²) in [6, 6.07) is 18.8. The number of pyridine rings is 2. The molecule has 0 aliphatic carbocycles. The zero-order valence-corrected chi connectivity index (χ0v) is 34.2.